The first-order valence-corrected chi connectivity index (χ1v) is 7.50. The van der Waals surface area contributed by atoms with Gasteiger partial charge in [-0.1, -0.05) is 20.3 Å². The zero-order chi connectivity index (χ0) is 11.1. The van der Waals surface area contributed by atoms with Crippen LogP contribution in [0.4, 0.5) is 0 Å². The highest BCUT2D eigenvalue weighted by molar-refractivity contribution is 7.25. The van der Waals surface area contributed by atoms with Gasteiger partial charge in [0, 0.05) is 6.54 Å². The second-order valence-corrected chi connectivity index (χ2v) is 6.23. The summed E-state index contributed by atoms with van der Waals surface area (Å²) in [6, 6.07) is 4.52. The third-order valence-electron chi connectivity index (χ3n) is 3.27. The van der Waals surface area contributed by atoms with Crippen LogP contribution in [-0.4, -0.2) is 4.57 Å². The Morgan fingerprint density at radius 3 is 2.19 bits per heavy atom. The lowest BCUT2D eigenvalue weighted by Crippen LogP contribution is -2.05. The van der Waals surface area contributed by atoms with Gasteiger partial charge in [-0.25, -0.2) is 0 Å². The Kier molecular flexibility index (Phi) is 2.52. The van der Waals surface area contributed by atoms with Crippen LogP contribution in [0.15, 0.2) is 22.9 Å². The van der Waals surface area contributed by atoms with E-state index < -0.39 is 0 Å². The van der Waals surface area contributed by atoms with Gasteiger partial charge in [0.25, 0.3) is 0 Å². The maximum absolute atomic E-state index is 2.49. The number of rotatable bonds is 3. The van der Waals surface area contributed by atoms with Crippen molar-refractivity contribution < 1.29 is 0 Å². The van der Waals surface area contributed by atoms with Crippen LogP contribution in [0.2, 0.25) is 0 Å². The summed E-state index contributed by atoms with van der Waals surface area (Å²) >= 11 is 3.73. The van der Waals surface area contributed by atoms with Crippen molar-refractivity contribution >= 4 is 43.1 Å². The lowest BCUT2D eigenvalue weighted by molar-refractivity contribution is 0.485. The highest BCUT2D eigenvalue weighted by atomic mass is 32.1. The van der Waals surface area contributed by atoms with E-state index >= 15 is 0 Å². The molecule has 0 bridgehead atoms. The van der Waals surface area contributed by atoms with E-state index in [-0.39, 0.29) is 0 Å². The van der Waals surface area contributed by atoms with Crippen molar-refractivity contribution in [3.63, 3.8) is 0 Å². The second kappa shape index (κ2) is 3.90. The summed E-state index contributed by atoms with van der Waals surface area (Å²) in [5.74, 6) is 0.749. The van der Waals surface area contributed by atoms with Crippen molar-refractivity contribution in [1.82, 2.24) is 4.57 Å². The Morgan fingerprint density at radius 1 is 1.12 bits per heavy atom. The summed E-state index contributed by atoms with van der Waals surface area (Å²) in [5, 5.41) is 4.41. The molecule has 0 fully saturated rings. The molecule has 0 saturated carbocycles. The third-order valence-corrected chi connectivity index (χ3v) is 5.24. The van der Waals surface area contributed by atoms with Crippen LogP contribution in [-0.2, 0) is 6.54 Å². The Morgan fingerprint density at radius 2 is 1.69 bits per heavy atom. The zero-order valence-corrected chi connectivity index (χ0v) is 11.2. The van der Waals surface area contributed by atoms with Crippen molar-refractivity contribution in [3.05, 3.63) is 22.9 Å². The predicted octanol–water partition coefficient (Wildman–Crippen LogP) is 4.96. The monoisotopic (exact) mass is 249 g/mol. The lowest BCUT2D eigenvalue weighted by Gasteiger charge is -2.11. The molecule has 0 aliphatic rings. The Labute approximate surface area is 103 Å². The molecule has 0 radical (unpaired) electrons. The quantitative estimate of drug-likeness (QED) is 0.618. The minimum atomic E-state index is 0.749. The molecule has 1 atom stereocenters. The zero-order valence-electron chi connectivity index (χ0n) is 9.56. The predicted molar refractivity (Wildman–Crippen MR) is 74.7 cm³/mol. The summed E-state index contributed by atoms with van der Waals surface area (Å²) in [7, 11) is 0. The minimum absolute atomic E-state index is 0.749. The third kappa shape index (κ3) is 1.42. The van der Waals surface area contributed by atoms with Crippen LogP contribution in [0.3, 0.4) is 0 Å². The molecule has 1 unspecified atom stereocenters. The Bertz CT molecular complexity index is 566. The van der Waals surface area contributed by atoms with E-state index in [0.29, 0.717) is 0 Å². The summed E-state index contributed by atoms with van der Waals surface area (Å²) in [6.07, 6.45) is 1.25. The largest absolute Gasteiger partial charge is 0.339 e. The average molecular weight is 249 g/mol. The normalized spacial score (nSPS) is 13.9. The van der Waals surface area contributed by atoms with Crippen molar-refractivity contribution in [1.29, 1.82) is 0 Å². The van der Waals surface area contributed by atoms with Gasteiger partial charge in [-0.15, -0.1) is 22.7 Å². The van der Waals surface area contributed by atoms with Crippen LogP contribution in [0.25, 0.3) is 20.4 Å². The van der Waals surface area contributed by atoms with E-state index in [0.717, 1.165) is 12.5 Å². The van der Waals surface area contributed by atoms with Gasteiger partial charge >= 0.3 is 0 Å². The fraction of sp³-hybridized carbons (Fsp3) is 0.385. The molecule has 84 valence electrons. The minimum Gasteiger partial charge on any atom is -0.339 e. The second-order valence-electron chi connectivity index (χ2n) is 4.39. The maximum atomic E-state index is 2.49. The highest BCUT2D eigenvalue weighted by Gasteiger charge is 2.13. The number of hydrogen-bond acceptors (Lipinski definition) is 2. The van der Waals surface area contributed by atoms with Crippen molar-refractivity contribution in [2.45, 2.75) is 26.8 Å². The molecule has 0 saturated heterocycles. The van der Waals surface area contributed by atoms with E-state index in [1.165, 1.54) is 26.9 Å². The van der Waals surface area contributed by atoms with Gasteiger partial charge in [0.2, 0.25) is 0 Å². The number of thiophene rings is 2. The lowest BCUT2D eigenvalue weighted by atomic mass is 10.1. The van der Waals surface area contributed by atoms with Gasteiger partial charge in [0.1, 0.15) is 0 Å². The number of fused-ring (bicyclic) bond motifs is 3. The molecule has 0 aliphatic heterocycles. The summed E-state index contributed by atoms with van der Waals surface area (Å²) in [6.45, 7) is 5.74. The van der Waals surface area contributed by atoms with Crippen LogP contribution in [0.1, 0.15) is 20.3 Å². The fourth-order valence-corrected chi connectivity index (χ4v) is 4.11. The van der Waals surface area contributed by atoms with Gasteiger partial charge < -0.3 is 4.57 Å². The van der Waals surface area contributed by atoms with Gasteiger partial charge in [-0.2, -0.15) is 0 Å². The Hall–Kier alpha value is -0.800. The smallest absolute Gasteiger partial charge is 0.0700 e. The topological polar surface area (TPSA) is 4.93 Å². The highest BCUT2D eigenvalue weighted by Crippen LogP contribution is 2.36. The summed E-state index contributed by atoms with van der Waals surface area (Å²) in [4.78, 5) is 0. The van der Waals surface area contributed by atoms with Gasteiger partial charge in [0.05, 0.1) is 20.4 Å². The van der Waals surface area contributed by atoms with Crippen LogP contribution < -0.4 is 0 Å². The molecule has 0 aromatic carbocycles. The first-order chi connectivity index (χ1) is 7.81. The van der Waals surface area contributed by atoms with Gasteiger partial charge in [-0.3, -0.25) is 0 Å². The molecule has 1 nitrogen and oxygen atoms in total. The molecule has 16 heavy (non-hydrogen) atoms. The number of hydrogen-bond donors (Lipinski definition) is 0. The molecule has 0 aliphatic carbocycles. The molecule has 3 heterocycles. The fourth-order valence-electron chi connectivity index (χ4n) is 2.14. The average Bonchev–Trinajstić information content (AvgIpc) is 2.94. The molecular weight excluding hydrogens is 234 g/mol. The standard InChI is InChI=1S/C13H15NS2/c1-3-9(2)8-14-10-4-6-15-12(10)13-11(14)5-7-16-13/h4-7,9H,3,8H2,1-2H3. The van der Waals surface area contributed by atoms with Crippen LogP contribution >= 0.6 is 22.7 Å². The molecule has 0 N–H and O–H groups in total. The molecule has 3 heteroatoms. The van der Waals surface area contributed by atoms with E-state index in [2.05, 4.69) is 41.3 Å². The van der Waals surface area contributed by atoms with E-state index in [1.54, 1.807) is 0 Å². The molecule has 3 aromatic heterocycles. The first-order valence-electron chi connectivity index (χ1n) is 5.74. The summed E-state index contributed by atoms with van der Waals surface area (Å²) in [5.41, 5.74) is 2.85. The Balaban J connectivity index is 2.23. The van der Waals surface area contributed by atoms with Crippen molar-refractivity contribution in [3.8, 4) is 0 Å². The van der Waals surface area contributed by atoms with E-state index in [1.807, 2.05) is 22.7 Å². The van der Waals surface area contributed by atoms with Gasteiger partial charge in [0.15, 0.2) is 0 Å². The summed E-state index contributed by atoms with van der Waals surface area (Å²) < 4.78 is 5.42. The molecule has 0 spiro atoms. The molecule has 0 amide bonds. The molecule has 3 rings (SSSR count). The van der Waals surface area contributed by atoms with E-state index in [4.69, 9.17) is 0 Å². The van der Waals surface area contributed by atoms with Crippen LogP contribution in [0, 0.1) is 5.92 Å². The SMILES string of the molecule is CCC(C)Cn1c2ccsc2c2sccc21. The van der Waals surface area contributed by atoms with E-state index in [9.17, 15) is 0 Å². The number of aromatic nitrogens is 1. The van der Waals surface area contributed by atoms with Crippen LogP contribution in [0.5, 0.6) is 0 Å². The van der Waals surface area contributed by atoms with Crippen molar-refractivity contribution in [2.75, 3.05) is 0 Å². The number of nitrogens with zero attached hydrogens (tertiary/aromatic N) is 1. The maximum Gasteiger partial charge on any atom is 0.0700 e. The molecule has 3 aromatic rings. The molecular formula is C13H15NS2. The van der Waals surface area contributed by atoms with Crippen molar-refractivity contribution in [2.24, 2.45) is 5.92 Å². The van der Waals surface area contributed by atoms with Gasteiger partial charge in [-0.05, 0) is 28.8 Å². The first kappa shape index (κ1) is 10.4.